The minimum atomic E-state index is -0.0406. The van der Waals surface area contributed by atoms with Crippen molar-refractivity contribution in [2.75, 3.05) is 30.4 Å². The molecule has 4 nitrogen and oxygen atoms in total. The van der Waals surface area contributed by atoms with E-state index in [0.29, 0.717) is 0 Å². The van der Waals surface area contributed by atoms with E-state index in [4.69, 9.17) is 9.97 Å². The topological polar surface area (TPSA) is 41.1 Å². The Morgan fingerprint density at radius 2 is 1.67 bits per heavy atom. The molecule has 2 rings (SSSR count). The van der Waals surface area contributed by atoms with Crippen LogP contribution < -0.4 is 10.2 Å². The summed E-state index contributed by atoms with van der Waals surface area (Å²) in [5.41, 5.74) is 1.12. The average Bonchev–Trinajstić information content (AvgIpc) is 2.36. The molecule has 1 N–H and O–H groups in total. The molecule has 1 saturated heterocycles. The summed E-state index contributed by atoms with van der Waals surface area (Å²) in [6, 6.07) is 0. The van der Waals surface area contributed by atoms with Crippen LogP contribution in [0.15, 0.2) is 0 Å². The molecule has 0 aliphatic carbocycles. The summed E-state index contributed by atoms with van der Waals surface area (Å²) in [7, 11) is 1.94. The molecule has 1 fully saturated rings. The van der Waals surface area contributed by atoms with Crippen LogP contribution in [0.4, 0.5) is 11.6 Å². The lowest BCUT2D eigenvalue weighted by atomic mass is 9.91. The van der Waals surface area contributed by atoms with Gasteiger partial charge in [0.1, 0.15) is 17.5 Å². The molecule has 0 saturated carbocycles. The maximum absolute atomic E-state index is 4.92. The Kier molecular flexibility index (Phi) is 4.45. The normalized spacial score (nSPS) is 23.3. The molecule has 1 aliphatic rings. The van der Waals surface area contributed by atoms with Crippen molar-refractivity contribution < 1.29 is 0 Å². The second-order valence-electron chi connectivity index (χ2n) is 7.70. The third kappa shape index (κ3) is 3.47. The van der Waals surface area contributed by atoms with Crippen LogP contribution in [0, 0.1) is 18.8 Å². The maximum Gasteiger partial charge on any atom is 0.138 e. The molecule has 0 radical (unpaired) electrons. The van der Waals surface area contributed by atoms with Gasteiger partial charge in [0, 0.05) is 31.1 Å². The van der Waals surface area contributed by atoms with Gasteiger partial charge in [-0.3, -0.25) is 0 Å². The zero-order valence-electron chi connectivity index (χ0n) is 14.6. The van der Waals surface area contributed by atoms with Crippen LogP contribution in [0.3, 0.4) is 0 Å². The summed E-state index contributed by atoms with van der Waals surface area (Å²) in [4.78, 5) is 12.1. The number of anilines is 2. The van der Waals surface area contributed by atoms with Crippen molar-refractivity contribution in [1.29, 1.82) is 0 Å². The number of aromatic nitrogens is 2. The standard InChI is InChI=1S/C17H30N4/c1-11-8-12(2)10-21(9-11)15-13(3)14(18-7)19-16(20-15)17(4,5)6/h11-12H,8-10H2,1-7H3,(H,18,19,20). The van der Waals surface area contributed by atoms with Crippen LogP contribution in [0.5, 0.6) is 0 Å². The van der Waals surface area contributed by atoms with Gasteiger partial charge in [-0.15, -0.1) is 0 Å². The maximum atomic E-state index is 4.92. The lowest BCUT2D eigenvalue weighted by Crippen LogP contribution is -2.40. The first-order valence-electron chi connectivity index (χ1n) is 8.04. The Morgan fingerprint density at radius 3 is 2.14 bits per heavy atom. The van der Waals surface area contributed by atoms with E-state index in [2.05, 4.69) is 51.8 Å². The second kappa shape index (κ2) is 5.82. The highest BCUT2D eigenvalue weighted by molar-refractivity contribution is 5.59. The Labute approximate surface area is 129 Å². The van der Waals surface area contributed by atoms with E-state index in [9.17, 15) is 0 Å². The second-order valence-corrected chi connectivity index (χ2v) is 7.70. The summed E-state index contributed by atoms with van der Waals surface area (Å²) >= 11 is 0. The summed E-state index contributed by atoms with van der Waals surface area (Å²) in [6.45, 7) is 15.5. The van der Waals surface area contributed by atoms with E-state index in [1.165, 1.54) is 6.42 Å². The molecule has 0 amide bonds. The Bertz CT molecular complexity index is 494. The highest BCUT2D eigenvalue weighted by Gasteiger charge is 2.27. The van der Waals surface area contributed by atoms with Crippen LogP contribution in [-0.4, -0.2) is 30.1 Å². The van der Waals surface area contributed by atoms with Gasteiger partial charge in [-0.05, 0) is 25.2 Å². The lowest BCUT2D eigenvalue weighted by molar-refractivity contribution is 0.354. The first-order chi connectivity index (χ1) is 9.72. The quantitative estimate of drug-likeness (QED) is 0.903. The third-order valence-corrected chi connectivity index (χ3v) is 4.20. The fourth-order valence-electron chi connectivity index (χ4n) is 3.23. The number of hydrogen-bond acceptors (Lipinski definition) is 4. The van der Waals surface area contributed by atoms with Gasteiger partial charge in [0.05, 0.1) is 0 Å². The lowest BCUT2D eigenvalue weighted by Gasteiger charge is -2.37. The molecule has 4 heteroatoms. The summed E-state index contributed by atoms with van der Waals surface area (Å²) in [5, 5.41) is 3.23. The van der Waals surface area contributed by atoms with Gasteiger partial charge in [0.25, 0.3) is 0 Å². The van der Waals surface area contributed by atoms with Crippen molar-refractivity contribution in [3.63, 3.8) is 0 Å². The molecule has 1 aromatic heterocycles. The van der Waals surface area contributed by atoms with Crippen molar-refractivity contribution in [3.8, 4) is 0 Å². The number of hydrogen-bond donors (Lipinski definition) is 1. The average molecular weight is 290 g/mol. The van der Waals surface area contributed by atoms with Crippen LogP contribution in [0.1, 0.15) is 52.4 Å². The third-order valence-electron chi connectivity index (χ3n) is 4.20. The Balaban J connectivity index is 2.46. The van der Waals surface area contributed by atoms with E-state index >= 15 is 0 Å². The summed E-state index contributed by atoms with van der Waals surface area (Å²) < 4.78 is 0. The van der Waals surface area contributed by atoms with Crippen molar-refractivity contribution in [2.24, 2.45) is 11.8 Å². The van der Waals surface area contributed by atoms with Gasteiger partial charge in [-0.2, -0.15) is 0 Å². The van der Waals surface area contributed by atoms with E-state index in [1.54, 1.807) is 0 Å². The zero-order valence-corrected chi connectivity index (χ0v) is 14.6. The minimum Gasteiger partial charge on any atom is -0.373 e. The molecule has 2 unspecified atom stereocenters. The van der Waals surface area contributed by atoms with E-state index in [-0.39, 0.29) is 5.41 Å². The summed E-state index contributed by atoms with van der Waals surface area (Å²) in [5.74, 6) is 4.42. The fourth-order valence-corrected chi connectivity index (χ4v) is 3.23. The monoisotopic (exact) mass is 290 g/mol. The zero-order chi connectivity index (χ0) is 15.8. The van der Waals surface area contributed by atoms with E-state index in [1.807, 2.05) is 7.05 Å². The molecule has 21 heavy (non-hydrogen) atoms. The Morgan fingerprint density at radius 1 is 1.10 bits per heavy atom. The SMILES string of the molecule is CNc1nc(C(C)(C)C)nc(N2CC(C)CC(C)C2)c1C. The Hall–Kier alpha value is -1.32. The molecule has 2 atom stereocenters. The van der Waals surface area contributed by atoms with Gasteiger partial charge < -0.3 is 10.2 Å². The van der Waals surface area contributed by atoms with Gasteiger partial charge in [0.15, 0.2) is 0 Å². The molecule has 118 valence electrons. The number of nitrogens with zero attached hydrogens (tertiary/aromatic N) is 3. The molecular formula is C17H30N4. The summed E-state index contributed by atoms with van der Waals surface area (Å²) in [6.07, 6.45) is 1.31. The smallest absolute Gasteiger partial charge is 0.138 e. The first-order valence-corrected chi connectivity index (χ1v) is 8.04. The van der Waals surface area contributed by atoms with Crippen LogP contribution in [0.2, 0.25) is 0 Å². The van der Waals surface area contributed by atoms with Gasteiger partial charge in [0.2, 0.25) is 0 Å². The van der Waals surface area contributed by atoms with Crippen LogP contribution >= 0.6 is 0 Å². The van der Waals surface area contributed by atoms with Gasteiger partial charge in [-0.25, -0.2) is 9.97 Å². The molecule has 0 spiro atoms. The van der Waals surface area contributed by atoms with Crippen molar-refractivity contribution in [1.82, 2.24) is 9.97 Å². The largest absolute Gasteiger partial charge is 0.373 e. The van der Waals surface area contributed by atoms with Crippen molar-refractivity contribution >= 4 is 11.6 Å². The molecule has 0 bridgehead atoms. The predicted molar refractivity (Wildman–Crippen MR) is 90.2 cm³/mol. The molecule has 2 heterocycles. The van der Waals surface area contributed by atoms with E-state index in [0.717, 1.165) is 47.9 Å². The highest BCUT2D eigenvalue weighted by atomic mass is 15.2. The molecule has 1 aromatic rings. The van der Waals surface area contributed by atoms with E-state index < -0.39 is 0 Å². The minimum absolute atomic E-state index is 0.0406. The highest BCUT2D eigenvalue weighted by Crippen LogP contribution is 2.32. The predicted octanol–water partition coefficient (Wildman–Crippen LogP) is 3.61. The van der Waals surface area contributed by atoms with Crippen molar-refractivity contribution in [3.05, 3.63) is 11.4 Å². The molecule has 1 aliphatic heterocycles. The number of nitrogens with one attached hydrogen (secondary N) is 1. The number of piperidine rings is 1. The van der Waals surface area contributed by atoms with Gasteiger partial charge in [-0.1, -0.05) is 34.6 Å². The van der Waals surface area contributed by atoms with Gasteiger partial charge >= 0.3 is 0 Å². The first kappa shape index (κ1) is 16.1. The molecular weight excluding hydrogens is 260 g/mol. The fraction of sp³-hybridized carbons (Fsp3) is 0.765. The number of rotatable bonds is 2. The van der Waals surface area contributed by atoms with Crippen LogP contribution in [0.25, 0.3) is 0 Å². The molecule has 0 aromatic carbocycles. The van der Waals surface area contributed by atoms with Crippen LogP contribution in [-0.2, 0) is 5.41 Å². The van der Waals surface area contributed by atoms with Crippen molar-refractivity contribution in [2.45, 2.75) is 53.4 Å².